The Morgan fingerprint density at radius 3 is 2.50 bits per heavy atom. The zero-order valence-electron chi connectivity index (χ0n) is 16.1. The van der Waals surface area contributed by atoms with Gasteiger partial charge in [0.15, 0.2) is 0 Å². The molecule has 0 atom stereocenters. The highest BCUT2D eigenvalue weighted by molar-refractivity contribution is 5.93. The van der Waals surface area contributed by atoms with Crippen LogP contribution in [0, 0.1) is 5.82 Å². The van der Waals surface area contributed by atoms with Crippen LogP contribution < -0.4 is 10.1 Å². The Bertz CT molecular complexity index is 875. The average Bonchev–Trinajstić information content (AvgIpc) is 3.22. The third-order valence-electron chi connectivity index (χ3n) is 5.39. The fourth-order valence-corrected chi connectivity index (χ4v) is 3.90. The summed E-state index contributed by atoms with van der Waals surface area (Å²) >= 11 is 0. The van der Waals surface area contributed by atoms with E-state index in [0.717, 1.165) is 18.4 Å². The quantitative estimate of drug-likeness (QED) is 0.770. The molecule has 1 fully saturated rings. The van der Waals surface area contributed by atoms with Crippen molar-refractivity contribution in [3.8, 4) is 5.75 Å². The van der Waals surface area contributed by atoms with Gasteiger partial charge in [-0.15, -0.1) is 0 Å². The van der Waals surface area contributed by atoms with E-state index in [0.29, 0.717) is 29.7 Å². The largest absolute Gasteiger partial charge is 0.496 e. The lowest BCUT2D eigenvalue weighted by Crippen LogP contribution is -2.42. The van der Waals surface area contributed by atoms with Crippen LogP contribution in [0.2, 0.25) is 0 Å². The van der Waals surface area contributed by atoms with Crippen LogP contribution in [0.4, 0.5) is 4.39 Å². The second-order valence-corrected chi connectivity index (χ2v) is 7.01. The summed E-state index contributed by atoms with van der Waals surface area (Å²) in [6, 6.07) is 11.4. The Hall–Kier alpha value is -2.89. The van der Waals surface area contributed by atoms with Crippen LogP contribution in [0.5, 0.6) is 5.75 Å². The third kappa shape index (κ3) is 3.86. The summed E-state index contributed by atoms with van der Waals surface area (Å²) in [6.45, 7) is 0.254. The van der Waals surface area contributed by atoms with Crippen molar-refractivity contribution in [2.45, 2.75) is 37.6 Å². The molecule has 1 aliphatic rings. The van der Waals surface area contributed by atoms with Crippen molar-refractivity contribution < 1.29 is 23.5 Å². The highest BCUT2D eigenvalue weighted by atomic mass is 19.1. The van der Waals surface area contributed by atoms with E-state index in [4.69, 9.17) is 9.47 Å². The molecule has 0 radical (unpaired) electrons. The Morgan fingerprint density at radius 1 is 1.11 bits per heavy atom. The number of carbonyl (C=O) groups excluding carboxylic acids is 2. The molecule has 1 N–H and O–H groups in total. The van der Waals surface area contributed by atoms with Crippen molar-refractivity contribution in [2.24, 2.45) is 0 Å². The first-order chi connectivity index (χ1) is 13.5. The minimum absolute atomic E-state index is 0.119. The maximum absolute atomic E-state index is 13.7. The molecular weight excluding hydrogens is 361 g/mol. The van der Waals surface area contributed by atoms with Gasteiger partial charge in [0, 0.05) is 6.54 Å². The Labute approximate surface area is 163 Å². The first kappa shape index (κ1) is 19.9. The van der Waals surface area contributed by atoms with Gasteiger partial charge in [0.2, 0.25) is 5.91 Å². The third-order valence-corrected chi connectivity index (χ3v) is 5.39. The minimum Gasteiger partial charge on any atom is -0.496 e. The molecule has 6 heteroatoms. The van der Waals surface area contributed by atoms with Crippen LogP contribution in [-0.4, -0.2) is 26.1 Å². The number of hydrogen-bond donors (Lipinski definition) is 1. The molecule has 1 amide bonds. The standard InChI is InChI=1S/C22H24FNO4/c1-27-19-9-8-15(12-18(19)20(25)28-2)14-24-21(26)22(10-3-4-11-22)16-6-5-7-17(23)13-16/h5-9,12-13H,3-4,10-11,14H2,1-2H3,(H,24,26). The molecule has 3 rings (SSSR count). The van der Waals surface area contributed by atoms with Gasteiger partial charge in [-0.2, -0.15) is 0 Å². The molecule has 0 aliphatic heterocycles. The summed E-state index contributed by atoms with van der Waals surface area (Å²) in [5, 5.41) is 2.97. The number of benzene rings is 2. The molecule has 2 aromatic rings. The molecule has 0 saturated heterocycles. The number of halogens is 1. The number of rotatable bonds is 6. The average molecular weight is 385 g/mol. The van der Waals surface area contributed by atoms with E-state index in [1.165, 1.54) is 26.4 Å². The van der Waals surface area contributed by atoms with Crippen molar-refractivity contribution in [3.05, 3.63) is 65.0 Å². The number of methoxy groups -OCH3 is 2. The first-order valence-corrected chi connectivity index (χ1v) is 9.30. The van der Waals surface area contributed by atoms with Crippen LogP contribution in [0.25, 0.3) is 0 Å². The van der Waals surface area contributed by atoms with E-state index in [-0.39, 0.29) is 18.3 Å². The molecule has 0 aromatic heterocycles. The van der Waals surface area contributed by atoms with Crippen molar-refractivity contribution in [1.29, 1.82) is 0 Å². The Morgan fingerprint density at radius 2 is 1.86 bits per heavy atom. The summed E-state index contributed by atoms with van der Waals surface area (Å²) in [4.78, 5) is 25.0. The normalized spacial score (nSPS) is 15.1. The lowest BCUT2D eigenvalue weighted by molar-refractivity contribution is -0.126. The van der Waals surface area contributed by atoms with E-state index in [9.17, 15) is 14.0 Å². The Kier molecular flexibility index (Phi) is 5.97. The predicted molar refractivity (Wildman–Crippen MR) is 103 cm³/mol. The topological polar surface area (TPSA) is 64.6 Å². The van der Waals surface area contributed by atoms with Crippen LogP contribution >= 0.6 is 0 Å². The zero-order valence-corrected chi connectivity index (χ0v) is 16.1. The number of hydrogen-bond acceptors (Lipinski definition) is 4. The highest BCUT2D eigenvalue weighted by Gasteiger charge is 2.42. The SMILES string of the molecule is COC(=O)c1cc(CNC(=O)C2(c3cccc(F)c3)CCCC2)ccc1OC. The molecule has 0 heterocycles. The maximum Gasteiger partial charge on any atom is 0.341 e. The smallest absolute Gasteiger partial charge is 0.341 e. The molecule has 0 bridgehead atoms. The lowest BCUT2D eigenvalue weighted by atomic mass is 9.78. The number of amides is 1. The Balaban J connectivity index is 1.80. The number of nitrogens with one attached hydrogen (secondary N) is 1. The van der Waals surface area contributed by atoms with E-state index in [1.807, 2.05) is 6.07 Å². The van der Waals surface area contributed by atoms with Crippen molar-refractivity contribution in [1.82, 2.24) is 5.32 Å². The summed E-state index contributed by atoms with van der Waals surface area (Å²) < 4.78 is 23.7. The van der Waals surface area contributed by atoms with Gasteiger partial charge in [0.25, 0.3) is 0 Å². The lowest BCUT2D eigenvalue weighted by Gasteiger charge is -2.28. The summed E-state index contributed by atoms with van der Waals surface area (Å²) in [6.07, 6.45) is 3.24. The van der Waals surface area contributed by atoms with Gasteiger partial charge in [-0.25, -0.2) is 9.18 Å². The fourth-order valence-electron chi connectivity index (χ4n) is 3.90. The second-order valence-electron chi connectivity index (χ2n) is 7.01. The number of ether oxygens (including phenoxy) is 2. The zero-order chi connectivity index (χ0) is 20.1. The van der Waals surface area contributed by atoms with Gasteiger partial charge in [0.05, 0.1) is 19.6 Å². The van der Waals surface area contributed by atoms with Crippen molar-refractivity contribution >= 4 is 11.9 Å². The number of carbonyl (C=O) groups is 2. The van der Waals surface area contributed by atoms with E-state index >= 15 is 0 Å². The number of esters is 1. The van der Waals surface area contributed by atoms with Crippen LogP contribution in [-0.2, 0) is 21.5 Å². The minimum atomic E-state index is -0.709. The molecule has 0 unspecified atom stereocenters. The molecule has 2 aromatic carbocycles. The van der Waals surface area contributed by atoms with Crippen molar-refractivity contribution in [3.63, 3.8) is 0 Å². The van der Waals surface area contributed by atoms with Crippen molar-refractivity contribution in [2.75, 3.05) is 14.2 Å². The molecule has 0 spiro atoms. The predicted octanol–water partition coefficient (Wildman–Crippen LogP) is 3.75. The van der Waals surface area contributed by atoms with E-state index < -0.39 is 11.4 Å². The highest BCUT2D eigenvalue weighted by Crippen LogP contribution is 2.41. The van der Waals surface area contributed by atoms with Crippen LogP contribution in [0.15, 0.2) is 42.5 Å². The van der Waals surface area contributed by atoms with Gasteiger partial charge in [-0.3, -0.25) is 4.79 Å². The fraction of sp³-hybridized carbons (Fsp3) is 0.364. The molecule has 1 aliphatic carbocycles. The molecule has 1 saturated carbocycles. The monoisotopic (exact) mass is 385 g/mol. The molecule has 148 valence electrons. The summed E-state index contributed by atoms with van der Waals surface area (Å²) in [5.74, 6) is -0.550. The molecule has 5 nitrogen and oxygen atoms in total. The maximum atomic E-state index is 13.7. The molecular formula is C22H24FNO4. The van der Waals surface area contributed by atoms with E-state index in [1.54, 1.807) is 24.3 Å². The second kappa shape index (κ2) is 8.42. The van der Waals surface area contributed by atoms with Crippen LogP contribution in [0.3, 0.4) is 0 Å². The molecule has 28 heavy (non-hydrogen) atoms. The van der Waals surface area contributed by atoms with E-state index in [2.05, 4.69) is 5.32 Å². The van der Waals surface area contributed by atoms with Crippen LogP contribution in [0.1, 0.15) is 47.2 Å². The van der Waals surface area contributed by atoms with Gasteiger partial charge >= 0.3 is 5.97 Å². The van der Waals surface area contributed by atoms with Gasteiger partial charge in [-0.05, 0) is 48.2 Å². The van der Waals surface area contributed by atoms with Gasteiger partial charge in [-0.1, -0.05) is 31.0 Å². The summed E-state index contributed by atoms with van der Waals surface area (Å²) in [7, 11) is 2.78. The summed E-state index contributed by atoms with van der Waals surface area (Å²) in [5.41, 5.74) is 1.06. The van der Waals surface area contributed by atoms with Gasteiger partial charge < -0.3 is 14.8 Å². The first-order valence-electron chi connectivity index (χ1n) is 9.30. The van der Waals surface area contributed by atoms with Gasteiger partial charge in [0.1, 0.15) is 17.1 Å².